The summed E-state index contributed by atoms with van der Waals surface area (Å²) >= 11 is 0. The van der Waals surface area contributed by atoms with Gasteiger partial charge >= 0.3 is 0 Å². The van der Waals surface area contributed by atoms with Gasteiger partial charge < -0.3 is 14.5 Å². The molecule has 4 aromatic rings. The Morgan fingerprint density at radius 3 is 2.81 bits per heavy atom. The molecule has 0 fully saturated rings. The number of amides is 1. The first kappa shape index (κ1) is 16.8. The summed E-state index contributed by atoms with van der Waals surface area (Å²) in [5.74, 6) is 0.556. The first-order valence-electron chi connectivity index (χ1n) is 8.44. The van der Waals surface area contributed by atoms with Crippen LogP contribution in [0.2, 0.25) is 0 Å². The van der Waals surface area contributed by atoms with Crippen LogP contribution in [0.3, 0.4) is 0 Å². The second-order valence-corrected chi connectivity index (χ2v) is 5.97. The summed E-state index contributed by atoms with van der Waals surface area (Å²) in [7, 11) is 1.57. The molecule has 0 bridgehead atoms. The Morgan fingerprint density at radius 1 is 1.15 bits per heavy atom. The maximum absolute atomic E-state index is 12.4. The van der Waals surface area contributed by atoms with E-state index in [9.17, 15) is 4.79 Å². The molecule has 3 aromatic heterocycles. The van der Waals surface area contributed by atoms with Crippen molar-refractivity contribution in [2.24, 2.45) is 0 Å². The first-order chi connectivity index (χ1) is 13.2. The Bertz CT molecular complexity index is 1070. The van der Waals surface area contributed by atoms with E-state index in [-0.39, 0.29) is 11.7 Å². The zero-order valence-corrected chi connectivity index (χ0v) is 14.7. The summed E-state index contributed by atoms with van der Waals surface area (Å²) in [6.45, 7) is 0.354. The molecule has 0 spiro atoms. The van der Waals surface area contributed by atoms with E-state index in [0.717, 1.165) is 22.2 Å². The summed E-state index contributed by atoms with van der Waals surface area (Å²) in [6.07, 6.45) is 5.23. The van der Waals surface area contributed by atoms with Gasteiger partial charge in [-0.1, -0.05) is 18.2 Å². The number of rotatable bonds is 5. The Morgan fingerprint density at radius 2 is 2.07 bits per heavy atom. The number of ether oxygens (including phenoxy) is 1. The van der Waals surface area contributed by atoms with Crippen molar-refractivity contribution in [3.63, 3.8) is 0 Å². The standard InChI is InChI=1S/C21H17N3O3/c1-26-18-6-2-4-15-10-19(27-20(15)18)21(25)24-12-14-7-8-17(23-11-14)16-5-3-9-22-13-16/h2-11,13H,12H2,1H3,(H,24,25). The number of carbonyl (C=O) groups is 1. The van der Waals surface area contributed by atoms with Gasteiger partial charge in [0.2, 0.25) is 0 Å². The maximum atomic E-state index is 12.4. The van der Waals surface area contributed by atoms with Crippen LogP contribution in [0.1, 0.15) is 16.1 Å². The Balaban J connectivity index is 1.45. The summed E-state index contributed by atoms with van der Waals surface area (Å²) in [5, 5.41) is 3.67. The van der Waals surface area contributed by atoms with Crippen molar-refractivity contribution >= 4 is 16.9 Å². The highest BCUT2D eigenvalue weighted by molar-refractivity contribution is 5.97. The smallest absolute Gasteiger partial charge is 0.287 e. The van der Waals surface area contributed by atoms with E-state index in [1.54, 1.807) is 37.8 Å². The zero-order chi connectivity index (χ0) is 18.6. The summed E-state index contributed by atoms with van der Waals surface area (Å²) < 4.78 is 10.9. The Labute approximate surface area is 155 Å². The average Bonchev–Trinajstić information content (AvgIpc) is 3.17. The monoisotopic (exact) mass is 359 g/mol. The van der Waals surface area contributed by atoms with Crippen LogP contribution in [-0.2, 0) is 6.54 Å². The van der Waals surface area contributed by atoms with E-state index in [0.29, 0.717) is 17.9 Å². The molecule has 3 heterocycles. The number of hydrogen-bond donors (Lipinski definition) is 1. The van der Waals surface area contributed by atoms with Crippen molar-refractivity contribution in [2.75, 3.05) is 7.11 Å². The van der Waals surface area contributed by atoms with Gasteiger partial charge in [0.15, 0.2) is 17.1 Å². The molecule has 0 radical (unpaired) electrons. The van der Waals surface area contributed by atoms with Crippen molar-refractivity contribution in [2.45, 2.75) is 6.54 Å². The van der Waals surface area contributed by atoms with Crippen molar-refractivity contribution in [1.29, 1.82) is 0 Å². The van der Waals surface area contributed by atoms with Crippen molar-refractivity contribution in [3.05, 3.63) is 78.4 Å². The highest BCUT2D eigenvalue weighted by Gasteiger charge is 2.14. The highest BCUT2D eigenvalue weighted by atomic mass is 16.5. The van der Waals surface area contributed by atoms with Crippen LogP contribution in [0.15, 0.2) is 71.5 Å². The topological polar surface area (TPSA) is 77.2 Å². The summed E-state index contributed by atoms with van der Waals surface area (Å²) in [4.78, 5) is 20.9. The third-order valence-corrected chi connectivity index (χ3v) is 4.19. The van der Waals surface area contributed by atoms with Crippen LogP contribution in [0.4, 0.5) is 0 Å². The molecule has 27 heavy (non-hydrogen) atoms. The van der Waals surface area contributed by atoms with Gasteiger partial charge in [0, 0.05) is 36.1 Å². The van der Waals surface area contributed by atoms with Gasteiger partial charge in [-0.3, -0.25) is 14.8 Å². The van der Waals surface area contributed by atoms with E-state index in [4.69, 9.17) is 9.15 Å². The van der Waals surface area contributed by atoms with Gasteiger partial charge in [-0.15, -0.1) is 0 Å². The lowest BCUT2D eigenvalue weighted by atomic mass is 10.1. The van der Waals surface area contributed by atoms with Crippen molar-refractivity contribution in [1.82, 2.24) is 15.3 Å². The fourth-order valence-corrected chi connectivity index (χ4v) is 2.79. The maximum Gasteiger partial charge on any atom is 0.287 e. The number of pyridine rings is 2. The molecule has 6 heteroatoms. The Kier molecular flexibility index (Phi) is 4.53. The number of furan rings is 1. The molecular weight excluding hydrogens is 342 g/mol. The highest BCUT2D eigenvalue weighted by Crippen LogP contribution is 2.28. The number of aromatic nitrogens is 2. The largest absolute Gasteiger partial charge is 0.493 e. The normalized spacial score (nSPS) is 10.7. The number of nitrogens with zero attached hydrogens (tertiary/aromatic N) is 2. The van der Waals surface area contributed by atoms with Crippen molar-refractivity contribution < 1.29 is 13.9 Å². The number of carbonyl (C=O) groups excluding carboxylic acids is 1. The average molecular weight is 359 g/mol. The molecule has 4 rings (SSSR count). The first-order valence-corrected chi connectivity index (χ1v) is 8.44. The van der Waals surface area contributed by atoms with Gasteiger partial charge in [0.25, 0.3) is 5.91 Å². The molecule has 0 aliphatic carbocycles. The molecule has 134 valence electrons. The lowest BCUT2D eigenvalue weighted by molar-refractivity contribution is 0.0925. The number of hydrogen-bond acceptors (Lipinski definition) is 5. The van der Waals surface area contributed by atoms with Crippen LogP contribution in [-0.4, -0.2) is 23.0 Å². The molecule has 6 nitrogen and oxygen atoms in total. The van der Waals surface area contributed by atoms with Gasteiger partial charge in [-0.2, -0.15) is 0 Å². The Hall–Kier alpha value is -3.67. The van der Waals surface area contributed by atoms with E-state index in [1.807, 2.05) is 36.4 Å². The summed E-state index contributed by atoms with van der Waals surface area (Å²) in [5.41, 5.74) is 3.24. The van der Waals surface area contributed by atoms with Crippen molar-refractivity contribution in [3.8, 4) is 17.0 Å². The van der Waals surface area contributed by atoms with Gasteiger partial charge in [0.05, 0.1) is 12.8 Å². The molecule has 1 N–H and O–H groups in total. The SMILES string of the molecule is COc1cccc2cc(C(=O)NCc3ccc(-c4cccnc4)nc3)oc12. The van der Waals surface area contributed by atoms with Gasteiger partial charge in [-0.05, 0) is 35.9 Å². The molecule has 0 saturated heterocycles. The molecule has 0 aliphatic rings. The minimum atomic E-state index is -0.287. The molecule has 0 atom stereocenters. The second kappa shape index (κ2) is 7.29. The van der Waals surface area contributed by atoms with Crippen LogP contribution >= 0.6 is 0 Å². The third kappa shape index (κ3) is 3.50. The van der Waals surface area contributed by atoms with Crippen LogP contribution < -0.4 is 10.1 Å². The molecule has 1 amide bonds. The predicted octanol–water partition coefficient (Wildman–Crippen LogP) is 3.83. The number of para-hydroxylation sites is 1. The fraction of sp³-hybridized carbons (Fsp3) is 0.0952. The molecule has 0 aliphatic heterocycles. The van der Waals surface area contributed by atoms with Crippen LogP contribution in [0.25, 0.3) is 22.2 Å². The number of fused-ring (bicyclic) bond motifs is 1. The molecule has 0 saturated carbocycles. The van der Waals surface area contributed by atoms with E-state index in [1.165, 1.54) is 0 Å². The number of methoxy groups -OCH3 is 1. The quantitative estimate of drug-likeness (QED) is 0.586. The minimum absolute atomic E-state index is 0.245. The van der Waals surface area contributed by atoms with Gasteiger partial charge in [0.1, 0.15) is 0 Å². The van der Waals surface area contributed by atoms with Crippen LogP contribution in [0.5, 0.6) is 5.75 Å². The minimum Gasteiger partial charge on any atom is -0.493 e. The van der Waals surface area contributed by atoms with Gasteiger partial charge in [-0.25, -0.2) is 0 Å². The molecule has 0 unspecified atom stereocenters. The number of nitrogens with one attached hydrogen (secondary N) is 1. The second-order valence-electron chi connectivity index (χ2n) is 5.97. The van der Waals surface area contributed by atoms with E-state index in [2.05, 4.69) is 15.3 Å². The lowest BCUT2D eigenvalue weighted by Gasteiger charge is -2.05. The van der Waals surface area contributed by atoms with E-state index < -0.39 is 0 Å². The van der Waals surface area contributed by atoms with E-state index >= 15 is 0 Å². The lowest BCUT2D eigenvalue weighted by Crippen LogP contribution is -2.22. The predicted molar refractivity (Wildman–Crippen MR) is 101 cm³/mol. The third-order valence-electron chi connectivity index (χ3n) is 4.19. The zero-order valence-electron chi connectivity index (χ0n) is 14.7. The molecule has 1 aromatic carbocycles. The van der Waals surface area contributed by atoms with Crippen LogP contribution in [0, 0.1) is 0 Å². The molecular formula is C21H17N3O3. The fourth-order valence-electron chi connectivity index (χ4n) is 2.79. The number of benzene rings is 1. The summed E-state index contributed by atoms with van der Waals surface area (Å²) in [6, 6.07) is 14.9.